The number of nitrogens with zero attached hydrogens (tertiary/aromatic N) is 3. The van der Waals surface area contributed by atoms with E-state index in [2.05, 4.69) is 39.3 Å². The Morgan fingerprint density at radius 3 is 2.76 bits per heavy atom. The summed E-state index contributed by atoms with van der Waals surface area (Å²) in [7, 11) is 0. The smallest absolute Gasteiger partial charge is 0.271 e. The second kappa shape index (κ2) is 6.92. The molecule has 1 amide bonds. The predicted molar refractivity (Wildman–Crippen MR) is 104 cm³/mol. The molecule has 5 rings (SSSR count). The first kappa shape index (κ1) is 16.8. The molecule has 3 saturated heterocycles. The Bertz CT molecular complexity index is 762. The van der Waals surface area contributed by atoms with E-state index in [4.69, 9.17) is 0 Å². The van der Waals surface area contributed by atoms with Crippen molar-refractivity contribution in [2.75, 3.05) is 37.6 Å². The molecule has 25 heavy (non-hydrogen) atoms. The second-order valence-electron chi connectivity index (χ2n) is 7.05. The molecule has 1 N–H and O–H groups in total. The van der Waals surface area contributed by atoms with Crippen LogP contribution in [0.2, 0.25) is 0 Å². The SMILES string of the molecule is CCN(CC)c1csc2c(C(=O)N[C@H]3CN4CCC3CC4)nccc12. The van der Waals surface area contributed by atoms with E-state index in [1.165, 1.54) is 31.6 Å². The molecule has 0 unspecified atom stereocenters. The zero-order chi connectivity index (χ0) is 17.4. The first-order valence-corrected chi connectivity index (χ1v) is 10.2. The topological polar surface area (TPSA) is 48.5 Å². The van der Waals surface area contributed by atoms with Crippen molar-refractivity contribution >= 4 is 33.0 Å². The highest BCUT2D eigenvalue weighted by molar-refractivity contribution is 7.18. The third-order valence-corrected chi connectivity index (χ3v) is 6.75. The Balaban J connectivity index is 1.59. The van der Waals surface area contributed by atoms with Crippen molar-refractivity contribution in [3.8, 4) is 0 Å². The number of aromatic nitrogens is 1. The van der Waals surface area contributed by atoms with Gasteiger partial charge in [-0.1, -0.05) is 0 Å². The van der Waals surface area contributed by atoms with E-state index in [1.807, 2.05) is 6.07 Å². The molecule has 2 bridgehead atoms. The zero-order valence-corrected chi connectivity index (χ0v) is 15.8. The summed E-state index contributed by atoms with van der Waals surface area (Å²) in [5, 5.41) is 6.57. The van der Waals surface area contributed by atoms with Gasteiger partial charge in [0.25, 0.3) is 5.91 Å². The first-order valence-electron chi connectivity index (χ1n) is 9.35. The number of rotatable bonds is 5. The fraction of sp³-hybridized carbons (Fsp3) is 0.579. The maximum atomic E-state index is 12.9. The van der Waals surface area contributed by atoms with Gasteiger partial charge in [0.1, 0.15) is 5.69 Å². The molecular formula is C19H26N4OS. The Kier molecular flexibility index (Phi) is 4.65. The van der Waals surface area contributed by atoms with Crippen LogP contribution in [0.25, 0.3) is 10.1 Å². The van der Waals surface area contributed by atoms with E-state index in [1.54, 1.807) is 17.5 Å². The molecule has 0 aromatic carbocycles. The van der Waals surface area contributed by atoms with Crippen molar-refractivity contribution in [1.29, 1.82) is 0 Å². The molecule has 0 radical (unpaired) electrons. The Morgan fingerprint density at radius 2 is 2.12 bits per heavy atom. The van der Waals surface area contributed by atoms with Gasteiger partial charge in [-0.2, -0.15) is 0 Å². The van der Waals surface area contributed by atoms with Gasteiger partial charge in [-0.05, 0) is 51.8 Å². The van der Waals surface area contributed by atoms with Gasteiger partial charge in [0, 0.05) is 42.6 Å². The first-order chi connectivity index (χ1) is 12.2. The highest BCUT2D eigenvalue weighted by atomic mass is 32.1. The van der Waals surface area contributed by atoms with Crippen LogP contribution in [0.5, 0.6) is 0 Å². The van der Waals surface area contributed by atoms with Gasteiger partial charge in [0.05, 0.1) is 10.4 Å². The van der Waals surface area contributed by atoms with Crippen molar-refractivity contribution in [1.82, 2.24) is 15.2 Å². The van der Waals surface area contributed by atoms with Crippen molar-refractivity contribution in [2.45, 2.75) is 32.7 Å². The standard InChI is InChI=1S/C19H26N4OS/c1-3-23(4-2)16-12-25-18-14(16)5-8-20-17(18)19(24)21-15-11-22-9-6-13(15)7-10-22/h5,8,12-13,15H,3-4,6-7,9-11H2,1-2H3,(H,21,24)/t15-/m0/s1. The Hall–Kier alpha value is -1.66. The molecule has 1 atom stereocenters. The Morgan fingerprint density at radius 1 is 1.36 bits per heavy atom. The number of pyridine rings is 1. The van der Waals surface area contributed by atoms with E-state index in [9.17, 15) is 4.79 Å². The summed E-state index contributed by atoms with van der Waals surface area (Å²) in [6.07, 6.45) is 4.18. The monoisotopic (exact) mass is 358 g/mol. The molecule has 6 heteroatoms. The van der Waals surface area contributed by atoms with Crippen LogP contribution in [0.3, 0.4) is 0 Å². The molecule has 3 fully saturated rings. The van der Waals surface area contributed by atoms with E-state index in [0.29, 0.717) is 11.6 Å². The molecule has 5 heterocycles. The average Bonchev–Trinajstić information content (AvgIpc) is 3.08. The number of amides is 1. The number of thiophene rings is 1. The summed E-state index contributed by atoms with van der Waals surface area (Å²) in [5.41, 5.74) is 1.79. The molecule has 2 aromatic rings. The predicted octanol–water partition coefficient (Wildman–Crippen LogP) is 2.97. The van der Waals surface area contributed by atoms with Crippen LogP contribution >= 0.6 is 11.3 Å². The molecule has 3 aliphatic heterocycles. The lowest BCUT2D eigenvalue weighted by molar-refractivity contribution is 0.0619. The maximum Gasteiger partial charge on any atom is 0.271 e. The van der Waals surface area contributed by atoms with E-state index in [0.717, 1.165) is 29.7 Å². The summed E-state index contributed by atoms with van der Waals surface area (Å²) in [6, 6.07) is 2.30. The van der Waals surface area contributed by atoms with Crippen LogP contribution in [-0.2, 0) is 0 Å². The molecule has 3 aliphatic rings. The van der Waals surface area contributed by atoms with Crippen LogP contribution in [0.15, 0.2) is 17.6 Å². The lowest BCUT2D eigenvalue weighted by atomic mass is 9.84. The minimum Gasteiger partial charge on any atom is -0.371 e. The van der Waals surface area contributed by atoms with Crippen LogP contribution in [0, 0.1) is 5.92 Å². The highest BCUT2D eigenvalue weighted by Gasteiger charge is 2.35. The van der Waals surface area contributed by atoms with Crippen LogP contribution < -0.4 is 10.2 Å². The average molecular weight is 359 g/mol. The summed E-state index contributed by atoms with van der Waals surface area (Å²) in [4.78, 5) is 22.1. The van der Waals surface area contributed by atoms with Crippen molar-refractivity contribution < 1.29 is 4.79 Å². The minimum absolute atomic E-state index is 0.0164. The minimum atomic E-state index is -0.0164. The number of fused-ring (bicyclic) bond motifs is 4. The molecule has 2 aromatic heterocycles. The molecule has 0 spiro atoms. The van der Waals surface area contributed by atoms with Crippen LogP contribution in [-0.4, -0.2) is 54.6 Å². The van der Waals surface area contributed by atoms with E-state index < -0.39 is 0 Å². The fourth-order valence-electron chi connectivity index (χ4n) is 4.28. The number of carbonyl (C=O) groups is 1. The molecular weight excluding hydrogens is 332 g/mol. The molecule has 0 aliphatic carbocycles. The van der Waals surface area contributed by atoms with E-state index >= 15 is 0 Å². The van der Waals surface area contributed by atoms with Crippen molar-refractivity contribution in [3.63, 3.8) is 0 Å². The lowest BCUT2D eigenvalue weighted by Gasteiger charge is -2.44. The number of piperidine rings is 3. The maximum absolute atomic E-state index is 12.9. The summed E-state index contributed by atoms with van der Waals surface area (Å²) < 4.78 is 1.00. The number of carbonyl (C=O) groups excluding carboxylic acids is 1. The van der Waals surface area contributed by atoms with Gasteiger partial charge in [-0.25, -0.2) is 4.98 Å². The van der Waals surface area contributed by atoms with Gasteiger partial charge in [-0.15, -0.1) is 11.3 Å². The summed E-state index contributed by atoms with van der Waals surface area (Å²) in [5.74, 6) is 0.611. The van der Waals surface area contributed by atoms with Gasteiger partial charge >= 0.3 is 0 Å². The normalized spacial score (nSPS) is 25.3. The third kappa shape index (κ3) is 3.02. The fourth-order valence-corrected chi connectivity index (χ4v) is 5.35. The third-order valence-electron chi connectivity index (χ3n) is 5.76. The number of hydrogen-bond donors (Lipinski definition) is 1. The number of nitrogens with one attached hydrogen (secondary N) is 1. The second-order valence-corrected chi connectivity index (χ2v) is 7.93. The number of anilines is 1. The molecule has 5 nitrogen and oxygen atoms in total. The lowest BCUT2D eigenvalue weighted by Crippen LogP contribution is -2.57. The quantitative estimate of drug-likeness (QED) is 0.893. The van der Waals surface area contributed by atoms with Gasteiger partial charge in [0.15, 0.2) is 0 Å². The molecule has 0 saturated carbocycles. The highest BCUT2D eigenvalue weighted by Crippen LogP contribution is 2.34. The van der Waals surface area contributed by atoms with Crippen LogP contribution in [0.1, 0.15) is 37.2 Å². The summed E-state index contributed by atoms with van der Waals surface area (Å²) >= 11 is 1.63. The van der Waals surface area contributed by atoms with Gasteiger partial charge in [-0.3, -0.25) is 4.79 Å². The number of hydrogen-bond acceptors (Lipinski definition) is 5. The van der Waals surface area contributed by atoms with Crippen LogP contribution in [0.4, 0.5) is 5.69 Å². The van der Waals surface area contributed by atoms with Crippen molar-refractivity contribution in [3.05, 3.63) is 23.3 Å². The summed E-state index contributed by atoms with van der Waals surface area (Å²) in [6.45, 7) is 9.61. The van der Waals surface area contributed by atoms with Gasteiger partial charge in [0.2, 0.25) is 0 Å². The molecule has 134 valence electrons. The zero-order valence-electron chi connectivity index (χ0n) is 15.0. The van der Waals surface area contributed by atoms with Gasteiger partial charge < -0.3 is 15.1 Å². The van der Waals surface area contributed by atoms with Crippen molar-refractivity contribution in [2.24, 2.45) is 5.92 Å². The van der Waals surface area contributed by atoms with E-state index in [-0.39, 0.29) is 11.9 Å². The largest absolute Gasteiger partial charge is 0.371 e. The Labute approximate surface area is 153 Å².